The van der Waals surface area contributed by atoms with Crippen LogP contribution in [0, 0.1) is 6.92 Å². The van der Waals surface area contributed by atoms with E-state index in [2.05, 4.69) is 15.5 Å². The number of benzene rings is 2. The maximum absolute atomic E-state index is 12.7. The Kier molecular flexibility index (Phi) is 6.55. The van der Waals surface area contributed by atoms with Crippen molar-refractivity contribution in [3.63, 3.8) is 0 Å². The Bertz CT molecular complexity index is 1110. The van der Waals surface area contributed by atoms with Gasteiger partial charge in [-0.2, -0.15) is 0 Å². The number of ether oxygens (including phenoxy) is 3. The smallest absolute Gasteiger partial charge is 0.234 e. The zero-order valence-corrected chi connectivity index (χ0v) is 19.4. The molecule has 0 saturated heterocycles. The summed E-state index contributed by atoms with van der Waals surface area (Å²) in [6.45, 7) is 6.33. The number of hydrogen-bond donors (Lipinski definition) is 1. The molecular formula is C23H26N4O4S. The fourth-order valence-corrected chi connectivity index (χ4v) is 4.39. The number of nitrogens with one attached hydrogen (secondary N) is 1. The summed E-state index contributed by atoms with van der Waals surface area (Å²) in [7, 11) is 1.63. The first-order valence-electron chi connectivity index (χ1n) is 10.4. The summed E-state index contributed by atoms with van der Waals surface area (Å²) in [5.41, 5.74) is 2.61. The lowest BCUT2D eigenvalue weighted by Gasteiger charge is -2.14. The number of nitrogens with zero attached hydrogens (tertiary/aromatic N) is 3. The Morgan fingerprint density at radius 3 is 2.78 bits per heavy atom. The molecule has 1 N–H and O–H groups in total. The van der Waals surface area contributed by atoms with Crippen LogP contribution < -0.4 is 19.5 Å². The van der Waals surface area contributed by atoms with Crippen LogP contribution in [-0.2, 0) is 11.2 Å². The second-order valence-corrected chi connectivity index (χ2v) is 8.36. The van der Waals surface area contributed by atoms with Gasteiger partial charge in [0.15, 0.2) is 5.16 Å². The summed E-state index contributed by atoms with van der Waals surface area (Å²) in [4.78, 5) is 12.7. The van der Waals surface area contributed by atoms with Gasteiger partial charge in [0.2, 0.25) is 5.91 Å². The van der Waals surface area contributed by atoms with E-state index in [1.54, 1.807) is 7.11 Å². The van der Waals surface area contributed by atoms with E-state index in [0.29, 0.717) is 23.2 Å². The van der Waals surface area contributed by atoms with Crippen LogP contribution in [0.1, 0.15) is 25.2 Å². The first-order chi connectivity index (χ1) is 15.5. The number of anilines is 1. The van der Waals surface area contributed by atoms with E-state index in [-0.39, 0.29) is 17.8 Å². The molecule has 3 aromatic rings. The lowest BCUT2D eigenvalue weighted by atomic mass is 10.1. The molecule has 168 valence electrons. The lowest BCUT2D eigenvalue weighted by molar-refractivity contribution is -0.113. The standard InChI is InChI=1S/C23H26N4O4S/c1-5-30-21-11-16-10-14(2)31-20(16)12-19(21)24-22(28)13-32-23-26-25-15(3)27(23)17-6-8-18(29-4)9-7-17/h6-9,11-12,14H,5,10,13H2,1-4H3,(H,24,28)/t14-/m1/s1. The number of aromatic nitrogens is 3. The summed E-state index contributed by atoms with van der Waals surface area (Å²) >= 11 is 1.32. The number of aryl methyl sites for hydroxylation is 1. The number of methoxy groups -OCH3 is 1. The van der Waals surface area contributed by atoms with E-state index < -0.39 is 0 Å². The molecule has 4 rings (SSSR count). The monoisotopic (exact) mass is 454 g/mol. The molecule has 0 bridgehead atoms. The van der Waals surface area contributed by atoms with Gasteiger partial charge in [-0.05, 0) is 51.1 Å². The normalized spacial score (nSPS) is 14.6. The zero-order valence-electron chi connectivity index (χ0n) is 18.5. The van der Waals surface area contributed by atoms with Crippen molar-refractivity contribution in [2.24, 2.45) is 0 Å². The van der Waals surface area contributed by atoms with Crippen LogP contribution in [0.2, 0.25) is 0 Å². The molecule has 1 amide bonds. The number of fused-ring (bicyclic) bond motifs is 1. The molecule has 8 nitrogen and oxygen atoms in total. The Balaban J connectivity index is 1.47. The molecule has 0 radical (unpaired) electrons. The van der Waals surface area contributed by atoms with Crippen molar-refractivity contribution in [3.8, 4) is 22.9 Å². The van der Waals surface area contributed by atoms with Crippen molar-refractivity contribution >= 4 is 23.4 Å². The van der Waals surface area contributed by atoms with Crippen molar-refractivity contribution in [2.75, 3.05) is 24.8 Å². The largest absolute Gasteiger partial charge is 0.497 e. The molecule has 32 heavy (non-hydrogen) atoms. The van der Waals surface area contributed by atoms with Gasteiger partial charge < -0.3 is 19.5 Å². The van der Waals surface area contributed by atoms with Crippen LogP contribution >= 0.6 is 11.8 Å². The molecule has 1 aliphatic rings. The van der Waals surface area contributed by atoms with Crippen LogP contribution in [0.25, 0.3) is 5.69 Å². The minimum atomic E-state index is -0.163. The number of carbonyl (C=O) groups excluding carboxylic acids is 1. The molecular weight excluding hydrogens is 428 g/mol. The zero-order chi connectivity index (χ0) is 22.7. The molecule has 0 spiro atoms. The fraction of sp³-hybridized carbons (Fsp3) is 0.348. The van der Waals surface area contributed by atoms with Crippen LogP contribution in [0.5, 0.6) is 17.2 Å². The summed E-state index contributed by atoms with van der Waals surface area (Å²) in [5, 5.41) is 12.0. The van der Waals surface area contributed by atoms with Crippen LogP contribution in [-0.4, -0.2) is 46.2 Å². The summed E-state index contributed by atoms with van der Waals surface area (Å²) in [5.74, 6) is 2.96. The quantitative estimate of drug-likeness (QED) is 0.514. The number of rotatable bonds is 8. The molecule has 1 aromatic heterocycles. The first kappa shape index (κ1) is 22.0. The fourth-order valence-electron chi connectivity index (χ4n) is 3.59. The minimum Gasteiger partial charge on any atom is -0.497 e. The summed E-state index contributed by atoms with van der Waals surface area (Å²) < 4.78 is 18.7. The van der Waals surface area contributed by atoms with Crippen molar-refractivity contribution in [1.82, 2.24) is 14.8 Å². The number of carbonyl (C=O) groups is 1. The number of amides is 1. The van der Waals surface area contributed by atoms with Gasteiger partial charge in [-0.1, -0.05) is 11.8 Å². The predicted octanol–water partition coefficient (Wildman–Crippen LogP) is 4.04. The number of hydrogen-bond acceptors (Lipinski definition) is 7. The Labute approximate surface area is 191 Å². The van der Waals surface area contributed by atoms with Gasteiger partial charge in [-0.25, -0.2) is 0 Å². The van der Waals surface area contributed by atoms with Crippen molar-refractivity contribution in [2.45, 2.75) is 38.5 Å². The third-order valence-corrected chi connectivity index (χ3v) is 5.96. The highest BCUT2D eigenvalue weighted by Crippen LogP contribution is 2.38. The van der Waals surface area contributed by atoms with Crippen molar-refractivity contribution in [3.05, 3.63) is 47.8 Å². The Morgan fingerprint density at radius 2 is 2.06 bits per heavy atom. The second kappa shape index (κ2) is 9.52. The van der Waals surface area contributed by atoms with Gasteiger partial charge in [0, 0.05) is 23.7 Å². The van der Waals surface area contributed by atoms with E-state index in [0.717, 1.165) is 35.0 Å². The predicted molar refractivity (Wildman–Crippen MR) is 123 cm³/mol. The topological polar surface area (TPSA) is 87.5 Å². The van der Waals surface area contributed by atoms with E-state index in [1.807, 2.05) is 61.7 Å². The molecule has 0 fully saturated rings. The van der Waals surface area contributed by atoms with Gasteiger partial charge in [0.25, 0.3) is 0 Å². The van der Waals surface area contributed by atoms with Gasteiger partial charge in [0.1, 0.15) is 29.2 Å². The average Bonchev–Trinajstić information content (AvgIpc) is 3.33. The molecule has 2 aromatic carbocycles. The van der Waals surface area contributed by atoms with Crippen molar-refractivity contribution < 1.29 is 19.0 Å². The summed E-state index contributed by atoms with van der Waals surface area (Å²) in [6, 6.07) is 11.4. The first-order valence-corrected chi connectivity index (χ1v) is 11.4. The van der Waals surface area contributed by atoms with E-state index >= 15 is 0 Å². The highest BCUT2D eigenvalue weighted by molar-refractivity contribution is 7.99. The van der Waals surface area contributed by atoms with Gasteiger partial charge in [-0.15, -0.1) is 10.2 Å². The molecule has 9 heteroatoms. The Morgan fingerprint density at radius 1 is 1.28 bits per heavy atom. The molecule has 0 aliphatic carbocycles. The van der Waals surface area contributed by atoms with E-state index in [4.69, 9.17) is 14.2 Å². The van der Waals surface area contributed by atoms with E-state index in [9.17, 15) is 4.79 Å². The minimum absolute atomic E-state index is 0.119. The average molecular weight is 455 g/mol. The van der Waals surface area contributed by atoms with Crippen molar-refractivity contribution in [1.29, 1.82) is 0 Å². The van der Waals surface area contributed by atoms with Gasteiger partial charge >= 0.3 is 0 Å². The molecule has 0 saturated carbocycles. The third kappa shape index (κ3) is 4.67. The highest BCUT2D eigenvalue weighted by Gasteiger charge is 2.23. The van der Waals surface area contributed by atoms with Gasteiger partial charge in [-0.3, -0.25) is 9.36 Å². The molecule has 1 aliphatic heterocycles. The second-order valence-electron chi connectivity index (χ2n) is 7.42. The van der Waals surface area contributed by atoms with E-state index in [1.165, 1.54) is 11.8 Å². The van der Waals surface area contributed by atoms with Gasteiger partial charge in [0.05, 0.1) is 25.2 Å². The van der Waals surface area contributed by atoms with Crippen LogP contribution in [0.15, 0.2) is 41.6 Å². The van der Waals surface area contributed by atoms with Crippen LogP contribution in [0.3, 0.4) is 0 Å². The maximum atomic E-state index is 12.7. The molecule has 2 heterocycles. The maximum Gasteiger partial charge on any atom is 0.234 e. The lowest BCUT2D eigenvalue weighted by Crippen LogP contribution is -2.15. The Hall–Kier alpha value is -3.20. The highest BCUT2D eigenvalue weighted by atomic mass is 32.2. The molecule has 0 unspecified atom stereocenters. The number of thioether (sulfide) groups is 1. The molecule has 1 atom stereocenters. The SMILES string of the molecule is CCOc1cc2c(cc1NC(=O)CSc1nnc(C)n1-c1ccc(OC)cc1)O[C@H](C)C2. The van der Waals surface area contributed by atoms with Crippen LogP contribution in [0.4, 0.5) is 5.69 Å². The summed E-state index contributed by atoms with van der Waals surface area (Å²) in [6.07, 6.45) is 0.952. The third-order valence-electron chi connectivity index (χ3n) is 5.03.